The van der Waals surface area contributed by atoms with Crippen LogP contribution < -0.4 is 5.32 Å². The number of nitrogens with one attached hydrogen (secondary N) is 1. The highest BCUT2D eigenvalue weighted by Gasteiger charge is 2.17. The fraction of sp³-hybridized carbons (Fsp3) is 0.875. The Kier molecular flexibility index (Phi) is 4.98. The van der Waals surface area contributed by atoms with Gasteiger partial charge < -0.3 is 10.1 Å². The van der Waals surface area contributed by atoms with Gasteiger partial charge in [-0.05, 0) is 26.8 Å². The monoisotopic (exact) mass is 169 g/mol. The van der Waals surface area contributed by atoms with Crippen LogP contribution in [0.5, 0.6) is 0 Å². The van der Waals surface area contributed by atoms with Crippen molar-refractivity contribution in [2.45, 2.75) is 32.7 Å². The molecule has 0 heterocycles. The van der Waals surface area contributed by atoms with Gasteiger partial charge in [0.15, 0.2) is 0 Å². The van der Waals surface area contributed by atoms with E-state index in [9.17, 15) is 4.79 Å². The van der Waals surface area contributed by atoms with Crippen molar-refractivity contribution >= 4 is 13.7 Å². The second-order valence-electron chi connectivity index (χ2n) is 3.42. The topological polar surface area (TPSA) is 38.3 Å². The first-order valence-corrected chi connectivity index (χ1v) is 4.15. The van der Waals surface area contributed by atoms with E-state index < -0.39 is 5.87 Å². The summed E-state index contributed by atoms with van der Waals surface area (Å²) < 4.78 is 4.68. The van der Waals surface area contributed by atoms with Crippen molar-refractivity contribution in [3.05, 3.63) is 0 Å². The molecule has 0 unspecified atom stereocenters. The van der Waals surface area contributed by atoms with Gasteiger partial charge in [0.05, 0.1) is 0 Å². The largest absolute Gasteiger partial charge is 0.473 e. The maximum Gasteiger partial charge on any atom is 0.235 e. The average Bonchev–Trinajstić information content (AvgIpc) is 1.98. The predicted molar refractivity (Wildman–Crippen MR) is 49.5 cm³/mol. The zero-order chi connectivity index (χ0) is 9.61. The van der Waals surface area contributed by atoms with Gasteiger partial charge in [-0.2, -0.15) is 0 Å². The third kappa shape index (κ3) is 6.22. The zero-order valence-corrected chi connectivity index (χ0v) is 8.02. The number of hydrogen-bond acceptors (Lipinski definition) is 3. The van der Waals surface area contributed by atoms with Crippen molar-refractivity contribution in [1.82, 2.24) is 5.32 Å². The van der Waals surface area contributed by atoms with E-state index in [1.165, 1.54) is 0 Å². The van der Waals surface area contributed by atoms with Crippen LogP contribution in [0, 0.1) is 0 Å². The molecule has 0 aromatic heterocycles. The van der Waals surface area contributed by atoms with Crippen molar-refractivity contribution in [2.75, 3.05) is 13.2 Å². The average molecular weight is 169 g/mol. The normalized spacial score (nSPS) is 11.2. The van der Waals surface area contributed by atoms with Crippen molar-refractivity contribution in [2.24, 2.45) is 0 Å². The number of hydrogen-bond donors (Lipinski definition) is 1. The van der Waals surface area contributed by atoms with Crippen LogP contribution in [0.25, 0.3) is 0 Å². The molecule has 1 N–H and O–H groups in total. The summed E-state index contributed by atoms with van der Waals surface area (Å²) in [6.45, 7) is 7.23. The third-order valence-electron chi connectivity index (χ3n) is 1.43. The van der Waals surface area contributed by atoms with Crippen LogP contribution in [0.2, 0.25) is 0 Å². The fourth-order valence-electron chi connectivity index (χ4n) is 0.766. The van der Waals surface area contributed by atoms with Gasteiger partial charge in [0.25, 0.3) is 0 Å². The minimum absolute atomic E-state index is 0.189. The highest BCUT2D eigenvalue weighted by atomic mass is 16.5. The Morgan fingerprint density at radius 1 is 1.58 bits per heavy atom. The highest BCUT2D eigenvalue weighted by molar-refractivity contribution is 6.55. The second-order valence-corrected chi connectivity index (χ2v) is 3.42. The molecule has 0 aromatic rings. The van der Waals surface area contributed by atoms with Crippen molar-refractivity contribution < 1.29 is 9.53 Å². The SMILES string of the molecule is [B]C(=O)OCC(C)(C)NCCC. The van der Waals surface area contributed by atoms with Gasteiger partial charge in [-0.1, -0.05) is 6.92 Å². The second kappa shape index (κ2) is 5.20. The van der Waals surface area contributed by atoms with Gasteiger partial charge in [0.1, 0.15) is 6.61 Å². The number of carbonyl (C=O) groups excluding carboxylic acids is 1. The van der Waals surface area contributed by atoms with Crippen molar-refractivity contribution in [3.63, 3.8) is 0 Å². The van der Waals surface area contributed by atoms with E-state index >= 15 is 0 Å². The summed E-state index contributed by atoms with van der Waals surface area (Å²) >= 11 is 0. The quantitative estimate of drug-likeness (QED) is 0.625. The lowest BCUT2D eigenvalue weighted by molar-refractivity contribution is 0.136. The lowest BCUT2D eigenvalue weighted by Gasteiger charge is -2.25. The zero-order valence-electron chi connectivity index (χ0n) is 8.02. The molecule has 0 saturated carbocycles. The molecule has 0 aliphatic heterocycles. The summed E-state index contributed by atoms with van der Waals surface area (Å²) in [7, 11) is 4.84. The molecule has 12 heavy (non-hydrogen) atoms. The molecule has 0 spiro atoms. The fourth-order valence-corrected chi connectivity index (χ4v) is 0.766. The molecular formula is C8H16BNO2. The molecule has 2 radical (unpaired) electrons. The maximum absolute atomic E-state index is 10.3. The minimum Gasteiger partial charge on any atom is -0.473 e. The van der Waals surface area contributed by atoms with Crippen molar-refractivity contribution in [3.8, 4) is 0 Å². The van der Waals surface area contributed by atoms with Crippen LogP contribution in [0.15, 0.2) is 0 Å². The first kappa shape index (κ1) is 11.5. The Hall–Kier alpha value is -0.505. The van der Waals surface area contributed by atoms with Gasteiger partial charge in [0, 0.05) is 5.54 Å². The summed E-state index contributed by atoms with van der Waals surface area (Å²) in [5.41, 5.74) is -0.189. The molecule has 0 aliphatic rings. The summed E-state index contributed by atoms with van der Waals surface area (Å²) in [4.78, 5) is 10.3. The molecule has 0 bridgehead atoms. The molecule has 0 amide bonds. The van der Waals surface area contributed by atoms with E-state index in [0.29, 0.717) is 6.61 Å². The van der Waals surface area contributed by atoms with Crippen LogP contribution in [-0.2, 0) is 4.74 Å². The van der Waals surface area contributed by atoms with E-state index in [0.717, 1.165) is 13.0 Å². The molecule has 68 valence electrons. The molecule has 0 aromatic carbocycles. The Morgan fingerprint density at radius 2 is 2.17 bits per heavy atom. The molecule has 0 fully saturated rings. The van der Waals surface area contributed by atoms with Crippen LogP contribution in [0.3, 0.4) is 0 Å². The summed E-state index contributed by atoms with van der Waals surface area (Å²) in [6, 6.07) is 0. The molecule has 4 heteroatoms. The van der Waals surface area contributed by atoms with E-state index in [2.05, 4.69) is 17.0 Å². The Morgan fingerprint density at radius 3 is 2.58 bits per heavy atom. The van der Waals surface area contributed by atoms with Crippen LogP contribution in [0.1, 0.15) is 27.2 Å². The predicted octanol–water partition coefficient (Wildman–Crippen LogP) is 1.07. The smallest absolute Gasteiger partial charge is 0.235 e. The van der Waals surface area contributed by atoms with E-state index in [1.807, 2.05) is 13.8 Å². The highest BCUT2D eigenvalue weighted by Crippen LogP contribution is 2.02. The molecule has 0 saturated heterocycles. The standard InChI is InChI=1S/C8H16BNO2/c1-4-5-10-8(2,3)6-12-7(9)11/h10H,4-6H2,1-3H3. The summed E-state index contributed by atoms with van der Waals surface area (Å²) in [5.74, 6) is -0.721. The van der Waals surface area contributed by atoms with Crippen molar-refractivity contribution in [1.29, 1.82) is 0 Å². The maximum atomic E-state index is 10.3. The number of rotatable bonds is 5. The lowest BCUT2D eigenvalue weighted by Crippen LogP contribution is -2.44. The number of ether oxygens (including phenoxy) is 1. The molecule has 3 nitrogen and oxygen atoms in total. The van der Waals surface area contributed by atoms with Gasteiger partial charge in [-0.15, -0.1) is 0 Å². The van der Waals surface area contributed by atoms with Crippen LogP contribution in [-0.4, -0.2) is 32.4 Å². The summed E-state index contributed by atoms with van der Waals surface area (Å²) in [5, 5.41) is 3.23. The van der Waals surface area contributed by atoms with Gasteiger partial charge >= 0.3 is 0 Å². The van der Waals surface area contributed by atoms with E-state index in [4.69, 9.17) is 7.85 Å². The molecular weight excluding hydrogens is 153 g/mol. The Bertz CT molecular complexity index is 148. The van der Waals surface area contributed by atoms with Gasteiger partial charge in [-0.3, -0.25) is 4.79 Å². The lowest BCUT2D eigenvalue weighted by atomic mass is 10.1. The first-order valence-electron chi connectivity index (χ1n) is 4.15. The van der Waals surface area contributed by atoms with Gasteiger partial charge in [-0.25, -0.2) is 0 Å². The van der Waals surface area contributed by atoms with Crippen LogP contribution >= 0.6 is 0 Å². The summed E-state index contributed by atoms with van der Waals surface area (Å²) in [6.07, 6.45) is 1.06. The molecule has 0 aliphatic carbocycles. The number of carbonyl (C=O) groups is 1. The van der Waals surface area contributed by atoms with Crippen LogP contribution in [0.4, 0.5) is 4.79 Å². The molecule has 0 rings (SSSR count). The van der Waals surface area contributed by atoms with Gasteiger partial charge in [0.2, 0.25) is 13.7 Å². The molecule has 0 atom stereocenters. The third-order valence-corrected chi connectivity index (χ3v) is 1.43. The Labute approximate surface area is 75.3 Å². The first-order chi connectivity index (χ1) is 5.48. The van der Waals surface area contributed by atoms with E-state index in [-0.39, 0.29) is 5.54 Å². The van der Waals surface area contributed by atoms with E-state index in [1.54, 1.807) is 0 Å². The minimum atomic E-state index is -0.721. The Balaban J connectivity index is 3.63.